The molecule has 0 bridgehead atoms. The van der Waals surface area contributed by atoms with Crippen LogP contribution in [0.1, 0.15) is 31.7 Å². The molecule has 3 aromatic heterocycles. The molecule has 6 heteroatoms. The molecule has 0 saturated carbocycles. The topological polar surface area (TPSA) is 54.3 Å². The van der Waals surface area contributed by atoms with Crippen molar-refractivity contribution in [2.24, 2.45) is 5.92 Å². The Morgan fingerprint density at radius 2 is 1.97 bits per heavy atom. The van der Waals surface area contributed by atoms with E-state index < -0.39 is 0 Å². The molecule has 154 valence electrons. The molecule has 0 unspecified atom stereocenters. The highest BCUT2D eigenvalue weighted by Crippen LogP contribution is 2.47. The van der Waals surface area contributed by atoms with Gasteiger partial charge in [0.1, 0.15) is 5.54 Å². The van der Waals surface area contributed by atoms with Gasteiger partial charge in [-0.3, -0.25) is 9.78 Å². The summed E-state index contributed by atoms with van der Waals surface area (Å²) >= 11 is 0. The number of aromatic nitrogens is 3. The zero-order chi connectivity index (χ0) is 20.7. The van der Waals surface area contributed by atoms with E-state index in [1.54, 1.807) is 6.20 Å². The first-order valence-electron chi connectivity index (χ1n) is 10.7. The van der Waals surface area contributed by atoms with Crippen molar-refractivity contribution in [2.45, 2.75) is 32.2 Å². The van der Waals surface area contributed by atoms with Gasteiger partial charge >= 0.3 is 0 Å². The minimum absolute atomic E-state index is 0.144. The molecule has 0 N–H and O–H groups in total. The Labute approximate surface area is 177 Å². The lowest BCUT2D eigenvalue weighted by Crippen LogP contribution is -2.54. The fourth-order valence-corrected chi connectivity index (χ4v) is 4.94. The molecule has 1 saturated heterocycles. The predicted molar refractivity (Wildman–Crippen MR) is 117 cm³/mol. The van der Waals surface area contributed by atoms with Crippen LogP contribution in [0, 0.1) is 5.92 Å². The number of hydrogen-bond donors (Lipinski definition) is 0. The second-order valence-corrected chi connectivity index (χ2v) is 8.71. The number of pyridine rings is 2. The van der Waals surface area contributed by atoms with Crippen molar-refractivity contribution in [3.8, 4) is 5.82 Å². The first kappa shape index (κ1) is 18.9. The Bertz CT molecular complexity index is 1060. The molecule has 5 rings (SSSR count). The van der Waals surface area contributed by atoms with Crippen LogP contribution < -0.4 is 4.90 Å². The number of rotatable bonds is 4. The lowest BCUT2D eigenvalue weighted by Gasteiger charge is -2.47. The van der Waals surface area contributed by atoms with Crippen LogP contribution in [0.15, 0.2) is 61.1 Å². The molecule has 30 heavy (non-hydrogen) atoms. The molecule has 0 aliphatic carbocycles. The Kier molecular flexibility index (Phi) is 4.57. The first-order chi connectivity index (χ1) is 14.6. The number of amides is 1. The van der Waals surface area contributed by atoms with E-state index >= 15 is 0 Å². The van der Waals surface area contributed by atoms with Gasteiger partial charge in [-0.1, -0.05) is 19.9 Å². The molecule has 0 aromatic carbocycles. The van der Waals surface area contributed by atoms with Gasteiger partial charge in [-0.2, -0.15) is 0 Å². The van der Waals surface area contributed by atoms with Crippen molar-refractivity contribution in [3.05, 3.63) is 72.4 Å². The lowest BCUT2D eigenvalue weighted by molar-refractivity contribution is -0.129. The summed E-state index contributed by atoms with van der Waals surface area (Å²) in [6.07, 6.45) is 6.95. The minimum Gasteiger partial charge on any atom is -0.355 e. The summed E-state index contributed by atoms with van der Waals surface area (Å²) in [5, 5.41) is 0. The van der Waals surface area contributed by atoms with Crippen LogP contribution in [-0.4, -0.2) is 45.0 Å². The molecule has 6 nitrogen and oxygen atoms in total. The fourth-order valence-electron chi connectivity index (χ4n) is 4.94. The maximum absolute atomic E-state index is 13.1. The average Bonchev–Trinajstić information content (AvgIpc) is 3.41. The van der Waals surface area contributed by atoms with Gasteiger partial charge in [0.15, 0.2) is 5.82 Å². The summed E-state index contributed by atoms with van der Waals surface area (Å²) in [7, 11) is 0. The molecule has 0 radical (unpaired) electrons. The van der Waals surface area contributed by atoms with Crippen molar-refractivity contribution in [3.63, 3.8) is 0 Å². The molecule has 1 fully saturated rings. The third-order valence-electron chi connectivity index (χ3n) is 6.23. The number of anilines is 1. The molecular weight excluding hydrogens is 374 g/mol. The van der Waals surface area contributed by atoms with Crippen LogP contribution >= 0.6 is 0 Å². The van der Waals surface area contributed by atoms with Gasteiger partial charge < -0.3 is 14.4 Å². The monoisotopic (exact) mass is 401 g/mol. The number of nitrogens with zero attached hydrogens (tertiary/aromatic N) is 5. The van der Waals surface area contributed by atoms with Crippen LogP contribution in [0.2, 0.25) is 0 Å². The highest BCUT2D eigenvalue weighted by Gasteiger charge is 2.50. The van der Waals surface area contributed by atoms with Crippen molar-refractivity contribution >= 4 is 11.6 Å². The molecule has 2 aliphatic heterocycles. The molecule has 1 amide bonds. The second kappa shape index (κ2) is 7.27. The number of fused-ring (bicyclic) bond motifs is 4. The largest absolute Gasteiger partial charge is 0.355 e. The zero-order valence-electron chi connectivity index (χ0n) is 17.5. The molecule has 3 aromatic rings. The van der Waals surface area contributed by atoms with Crippen LogP contribution in [0.3, 0.4) is 0 Å². The maximum Gasteiger partial charge on any atom is 0.228 e. The van der Waals surface area contributed by atoms with E-state index in [0.717, 1.165) is 36.7 Å². The summed E-state index contributed by atoms with van der Waals surface area (Å²) in [6, 6.07) is 14.2. The van der Waals surface area contributed by atoms with Gasteiger partial charge in [0.2, 0.25) is 5.91 Å². The molecule has 1 spiro atoms. The Hall–Kier alpha value is -3.15. The van der Waals surface area contributed by atoms with E-state index in [-0.39, 0.29) is 11.4 Å². The number of likely N-dealkylation sites (tertiary alicyclic amines) is 1. The molecule has 1 atom stereocenters. The first-order valence-corrected chi connectivity index (χ1v) is 10.7. The van der Waals surface area contributed by atoms with E-state index in [9.17, 15) is 4.79 Å². The number of carbonyl (C=O) groups excluding carboxylic acids is 1. The SMILES string of the molecule is CC(C)CN1c2cccnc2-n2cccc2[C@]12CCN(C(=O)Cc1ccccn1)C2. The van der Waals surface area contributed by atoms with E-state index in [2.05, 4.69) is 57.7 Å². The summed E-state index contributed by atoms with van der Waals surface area (Å²) in [4.78, 5) is 26.7. The normalized spacial score (nSPS) is 20.0. The summed E-state index contributed by atoms with van der Waals surface area (Å²) < 4.78 is 2.21. The van der Waals surface area contributed by atoms with E-state index in [1.165, 1.54) is 5.69 Å². The smallest absolute Gasteiger partial charge is 0.228 e. The van der Waals surface area contributed by atoms with Gasteiger partial charge in [-0.15, -0.1) is 0 Å². The Morgan fingerprint density at radius 1 is 1.10 bits per heavy atom. The van der Waals surface area contributed by atoms with Gasteiger partial charge in [0, 0.05) is 43.9 Å². The zero-order valence-corrected chi connectivity index (χ0v) is 17.5. The lowest BCUT2D eigenvalue weighted by atomic mass is 9.88. The predicted octanol–water partition coefficient (Wildman–Crippen LogP) is 3.41. The van der Waals surface area contributed by atoms with E-state index in [4.69, 9.17) is 0 Å². The van der Waals surface area contributed by atoms with Crippen LogP contribution in [-0.2, 0) is 16.8 Å². The average molecular weight is 402 g/mol. The van der Waals surface area contributed by atoms with E-state index in [1.807, 2.05) is 35.4 Å². The van der Waals surface area contributed by atoms with Crippen molar-refractivity contribution < 1.29 is 4.79 Å². The van der Waals surface area contributed by atoms with Gasteiger partial charge in [0.05, 0.1) is 17.8 Å². The quantitative estimate of drug-likeness (QED) is 0.672. The van der Waals surface area contributed by atoms with Crippen molar-refractivity contribution in [1.29, 1.82) is 0 Å². The molecular formula is C24H27N5O. The maximum atomic E-state index is 13.1. The van der Waals surface area contributed by atoms with E-state index in [0.29, 0.717) is 18.9 Å². The standard InChI is InChI=1S/C24H27N5O/c1-18(2)16-29-20-8-5-12-26-23(20)28-13-6-9-21(28)24(29)10-14-27(17-24)22(30)15-19-7-3-4-11-25-19/h3-9,11-13,18H,10,14-17H2,1-2H3/t24-/m1/s1. The van der Waals surface area contributed by atoms with Gasteiger partial charge in [-0.25, -0.2) is 4.98 Å². The molecule has 5 heterocycles. The van der Waals surface area contributed by atoms with Crippen molar-refractivity contribution in [2.75, 3.05) is 24.5 Å². The summed E-state index contributed by atoms with van der Waals surface area (Å²) in [6.45, 7) is 6.85. The minimum atomic E-state index is -0.233. The van der Waals surface area contributed by atoms with Gasteiger partial charge in [-0.05, 0) is 48.7 Å². The Morgan fingerprint density at radius 3 is 2.77 bits per heavy atom. The van der Waals surface area contributed by atoms with Crippen LogP contribution in [0.5, 0.6) is 0 Å². The van der Waals surface area contributed by atoms with Crippen LogP contribution in [0.4, 0.5) is 5.69 Å². The third-order valence-corrected chi connectivity index (χ3v) is 6.23. The Balaban J connectivity index is 1.51. The molecule has 2 aliphatic rings. The second-order valence-electron chi connectivity index (χ2n) is 8.71. The third kappa shape index (κ3) is 2.98. The number of carbonyl (C=O) groups is 1. The summed E-state index contributed by atoms with van der Waals surface area (Å²) in [5.74, 6) is 1.61. The highest BCUT2D eigenvalue weighted by atomic mass is 16.2. The fraction of sp³-hybridized carbons (Fsp3) is 0.375. The van der Waals surface area contributed by atoms with Crippen LogP contribution in [0.25, 0.3) is 5.82 Å². The summed E-state index contributed by atoms with van der Waals surface area (Å²) in [5.41, 5.74) is 2.96. The van der Waals surface area contributed by atoms with Crippen molar-refractivity contribution in [1.82, 2.24) is 19.4 Å². The highest BCUT2D eigenvalue weighted by molar-refractivity contribution is 5.79. The number of hydrogen-bond acceptors (Lipinski definition) is 4. The van der Waals surface area contributed by atoms with Gasteiger partial charge in [0.25, 0.3) is 0 Å².